The molecule has 7 nitrogen and oxygen atoms in total. The Bertz CT molecular complexity index is 1280. The first-order valence-corrected chi connectivity index (χ1v) is 9.58. The lowest BCUT2D eigenvalue weighted by atomic mass is 10.1. The Morgan fingerprint density at radius 1 is 0.903 bits per heavy atom. The molecule has 3 heterocycles. The van der Waals surface area contributed by atoms with Crippen molar-refractivity contribution in [1.29, 1.82) is 0 Å². The maximum absolute atomic E-state index is 13.4. The van der Waals surface area contributed by atoms with Crippen LogP contribution in [0.4, 0.5) is 17.1 Å². The van der Waals surface area contributed by atoms with Gasteiger partial charge in [-0.1, -0.05) is 18.2 Å². The molecule has 31 heavy (non-hydrogen) atoms. The van der Waals surface area contributed by atoms with Crippen LogP contribution in [0, 0.1) is 0 Å². The fourth-order valence-corrected chi connectivity index (χ4v) is 3.37. The molecule has 0 radical (unpaired) electrons. The maximum Gasteiger partial charge on any atom is 0.268 e. The molecule has 4 aromatic rings. The number of rotatable bonds is 3. The summed E-state index contributed by atoms with van der Waals surface area (Å²) in [6.45, 7) is 0. The number of hydrogen-bond donors (Lipinski definition) is 1. The van der Waals surface area contributed by atoms with E-state index in [4.69, 9.17) is 4.74 Å². The number of nitrogens with zero attached hydrogens (tertiary/aromatic N) is 3. The number of aromatic nitrogens is 2. The van der Waals surface area contributed by atoms with Gasteiger partial charge in [0, 0.05) is 35.9 Å². The lowest BCUT2D eigenvalue weighted by Gasteiger charge is -2.22. The van der Waals surface area contributed by atoms with Gasteiger partial charge in [0.2, 0.25) is 5.88 Å². The van der Waals surface area contributed by atoms with Gasteiger partial charge in [-0.15, -0.1) is 0 Å². The maximum atomic E-state index is 13.4. The van der Waals surface area contributed by atoms with Crippen LogP contribution in [0.3, 0.4) is 0 Å². The Morgan fingerprint density at radius 3 is 2.52 bits per heavy atom. The minimum Gasteiger partial charge on any atom is -0.436 e. The lowest BCUT2D eigenvalue weighted by Crippen LogP contribution is -2.25. The SMILES string of the molecule is O=C(Nc1ccc2c(c1)Oc1ncccc1C(=O)N2c1ccncc1)c1ccccc1. The molecule has 1 aliphatic heterocycles. The van der Waals surface area contributed by atoms with E-state index in [9.17, 15) is 9.59 Å². The first kappa shape index (κ1) is 18.5. The molecule has 0 atom stereocenters. The van der Waals surface area contributed by atoms with E-state index >= 15 is 0 Å². The highest BCUT2D eigenvalue weighted by molar-refractivity contribution is 6.14. The van der Waals surface area contributed by atoms with Gasteiger partial charge in [0.1, 0.15) is 5.56 Å². The van der Waals surface area contributed by atoms with Crippen molar-refractivity contribution >= 4 is 28.9 Å². The second-order valence-corrected chi connectivity index (χ2v) is 6.81. The molecule has 2 amide bonds. The van der Waals surface area contributed by atoms with Crippen molar-refractivity contribution in [2.75, 3.05) is 10.2 Å². The normalized spacial score (nSPS) is 12.3. The van der Waals surface area contributed by atoms with Crippen LogP contribution >= 0.6 is 0 Å². The predicted octanol–water partition coefficient (Wildman–Crippen LogP) is 4.81. The van der Waals surface area contributed by atoms with E-state index in [1.54, 1.807) is 90.2 Å². The number of ether oxygens (including phenoxy) is 1. The molecule has 150 valence electrons. The molecule has 1 aliphatic rings. The number of hydrogen-bond acceptors (Lipinski definition) is 5. The van der Waals surface area contributed by atoms with Crippen molar-refractivity contribution in [3.8, 4) is 11.6 Å². The van der Waals surface area contributed by atoms with E-state index < -0.39 is 0 Å². The fourth-order valence-electron chi connectivity index (χ4n) is 3.37. The number of nitrogens with one attached hydrogen (secondary N) is 1. The third-order valence-electron chi connectivity index (χ3n) is 4.83. The first-order valence-electron chi connectivity index (χ1n) is 9.58. The molecule has 7 heteroatoms. The summed E-state index contributed by atoms with van der Waals surface area (Å²) >= 11 is 0. The third-order valence-corrected chi connectivity index (χ3v) is 4.83. The Kier molecular flexibility index (Phi) is 4.61. The third kappa shape index (κ3) is 3.49. The van der Waals surface area contributed by atoms with E-state index in [2.05, 4.69) is 15.3 Å². The Hall–Kier alpha value is -4.52. The van der Waals surface area contributed by atoms with Gasteiger partial charge in [0.05, 0.1) is 11.4 Å². The number of fused-ring (bicyclic) bond motifs is 2. The van der Waals surface area contributed by atoms with Crippen LogP contribution in [-0.4, -0.2) is 21.8 Å². The minimum atomic E-state index is -0.269. The largest absolute Gasteiger partial charge is 0.436 e. The van der Waals surface area contributed by atoms with E-state index in [0.29, 0.717) is 33.9 Å². The summed E-state index contributed by atoms with van der Waals surface area (Å²) in [5, 5.41) is 2.87. The molecule has 5 rings (SSSR count). The molecule has 0 aliphatic carbocycles. The standard InChI is InChI=1S/C24H16N4O3/c29-22(16-5-2-1-3-6-16)27-17-8-9-20-21(15-17)31-23-19(7-4-12-26-23)24(30)28(20)18-10-13-25-14-11-18/h1-15H,(H,27,29). The van der Waals surface area contributed by atoms with Gasteiger partial charge in [0.25, 0.3) is 11.8 Å². The van der Waals surface area contributed by atoms with Crippen LogP contribution in [0.1, 0.15) is 20.7 Å². The molecular weight excluding hydrogens is 392 g/mol. The quantitative estimate of drug-likeness (QED) is 0.526. The zero-order chi connectivity index (χ0) is 21.2. The van der Waals surface area contributed by atoms with Gasteiger partial charge >= 0.3 is 0 Å². The van der Waals surface area contributed by atoms with E-state index in [-0.39, 0.29) is 17.7 Å². The summed E-state index contributed by atoms with van der Waals surface area (Å²) in [4.78, 5) is 35.7. The van der Waals surface area contributed by atoms with E-state index in [1.807, 2.05) is 6.07 Å². The van der Waals surface area contributed by atoms with Crippen molar-refractivity contribution in [1.82, 2.24) is 9.97 Å². The van der Waals surface area contributed by atoms with Crippen molar-refractivity contribution < 1.29 is 14.3 Å². The Morgan fingerprint density at radius 2 is 1.71 bits per heavy atom. The van der Waals surface area contributed by atoms with Crippen LogP contribution in [0.2, 0.25) is 0 Å². The van der Waals surface area contributed by atoms with Gasteiger partial charge in [-0.3, -0.25) is 19.5 Å². The van der Waals surface area contributed by atoms with Crippen LogP contribution in [0.15, 0.2) is 91.4 Å². The lowest BCUT2D eigenvalue weighted by molar-refractivity contribution is 0.0996. The Labute approximate surface area is 178 Å². The highest BCUT2D eigenvalue weighted by atomic mass is 16.5. The summed E-state index contributed by atoms with van der Waals surface area (Å²) < 4.78 is 6.01. The zero-order valence-corrected chi connectivity index (χ0v) is 16.2. The molecule has 0 spiro atoms. The molecule has 0 unspecified atom stereocenters. The fraction of sp³-hybridized carbons (Fsp3) is 0. The summed E-state index contributed by atoms with van der Waals surface area (Å²) in [5.74, 6) is 0.0919. The summed E-state index contributed by atoms with van der Waals surface area (Å²) in [6.07, 6.45) is 4.80. The van der Waals surface area contributed by atoms with Crippen molar-refractivity contribution in [3.05, 3.63) is 103 Å². The molecular formula is C24H16N4O3. The number of carbonyl (C=O) groups is 2. The molecule has 0 saturated carbocycles. The van der Waals surface area contributed by atoms with Crippen molar-refractivity contribution in [2.24, 2.45) is 0 Å². The van der Waals surface area contributed by atoms with Crippen molar-refractivity contribution in [2.45, 2.75) is 0 Å². The van der Waals surface area contributed by atoms with Gasteiger partial charge in [-0.25, -0.2) is 4.98 Å². The second-order valence-electron chi connectivity index (χ2n) is 6.81. The molecule has 0 saturated heterocycles. The minimum absolute atomic E-state index is 0.205. The van der Waals surface area contributed by atoms with Crippen molar-refractivity contribution in [3.63, 3.8) is 0 Å². The number of carbonyl (C=O) groups excluding carboxylic acids is 2. The highest BCUT2D eigenvalue weighted by Crippen LogP contribution is 2.42. The highest BCUT2D eigenvalue weighted by Gasteiger charge is 2.30. The molecule has 2 aromatic heterocycles. The van der Waals surface area contributed by atoms with Crippen LogP contribution in [0.25, 0.3) is 0 Å². The monoisotopic (exact) mass is 408 g/mol. The molecule has 0 fully saturated rings. The van der Waals surface area contributed by atoms with Crippen LogP contribution in [0.5, 0.6) is 11.6 Å². The molecule has 2 aromatic carbocycles. The Balaban J connectivity index is 1.58. The van der Waals surface area contributed by atoms with Gasteiger partial charge < -0.3 is 10.1 Å². The molecule has 1 N–H and O–H groups in total. The summed E-state index contributed by atoms with van der Waals surface area (Å²) in [7, 11) is 0. The van der Waals surface area contributed by atoms with E-state index in [1.165, 1.54) is 0 Å². The predicted molar refractivity (Wildman–Crippen MR) is 116 cm³/mol. The number of amides is 2. The number of anilines is 3. The zero-order valence-electron chi connectivity index (χ0n) is 16.2. The van der Waals surface area contributed by atoms with E-state index in [0.717, 1.165) is 0 Å². The smallest absolute Gasteiger partial charge is 0.268 e. The summed E-state index contributed by atoms with van der Waals surface area (Å²) in [6, 6.07) is 20.9. The number of pyridine rings is 2. The number of benzene rings is 2. The van der Waals surface area contributed by atoms with Gasteiger partial charge in [0.15, 0.2) is 5.75 Å². The average molecular weight is 408 g/mol. The van der Waals surface area contributed by atoms with Crippen LogP contribution < -0.4 is 15.0 Å². The van der Waals surface area contributed by atoms with Gasteiger partial charge in [-0.05, 0) is 48.5 Å². The summed E-state index contributed by atoms with van der Waals surface area (Å²) in [5.41, 5.74) is 2.59. The average Bonchev–Trinajstić information content (AvgIpc) is 2.94. The topological polar surface area (TPSA) is 84.4 Å². The van der Waals surface area contributed by atoms with Crippen LogP contribution in [-0.2, 0) is 0 Å². The second kappa shape index (κ2) is 7.72. The first-order chi connectivity index (χ1) is 15.2. The molecule has 0 bridgehead atoms. The van der Waals surface area contributed by atoms with Gasteiger partial charge in [-0.2, -0.15) is 0 Å².